The Labute approximate surface area is 194 Å². The molecule has 1 saturated heterocycles. The third-order valence-corrected chi connectivity index (χ3v) is 8.42. The smallest absolute Gasteiger partial charge is 0.335 e. The molecule has 1 aromatic heterocycles. The normalized spacial score (nSPS) is 15.6. The van der Waals surface area contributed by atoms with Gasteiger partial charge in [-0.2, -0.15) is 17.5 Å². The Morgan fingerprint density at radius 2 is 1.58 bits per heavy atom. The largest absolute Gasteiger partial charge is 0.417 e. The van der Waals surface area contributed by atoms with Gasteiger partial charge in [-0.15, -0.1) is 11.3 Å². The van der Waals surface area contributed by atoms with E-state index in [0.717, 1.165) is 39.2 Å². The lowest BCUT2D eigenvalue weighted by Gasteiger charge is -2.34. The Hall–Kier alpha value is -2.69. The lowest BCUT2D eigenvalue weighted by molar-refractivity contribution is -0.139. The van der Waals surface area contributed by atoms with Gasteiger partial charge in [0.2, 0.25) is 10.0 Å². The van der Waals surface area contributed by atoms with E-state index in [1.807, 2.05) is 42.6 Å². The van der Waals surface area contributed by atoms with Gasteiger partial charge in [-0.05, 0) is 36.1 Å². The van der Waals surface area contributed by atoms with Gasteiger partial charge in [-0.1, -0.05) is 42.0 Å². The number of carbonyl (C=O) groups excluding carboxylic acids is 1. The highest BCUT2D eigenvalue weighted by Gasteiger charge is 2.40. The average molecular weight is 495 g/mol. The van der Waals surface area contributed by atoms with Crippen LogP contribution >= 0.6 is 11.3 Å². The van der Waals surface area contributed by atoms with Crippen molar-refractivity contribution >= 4 is 27.3 Å². The van der Waals surface area contributed by atoms with Crippen LogP contribution in [0.5, 0.6) is 0 Å². The minimum absolute atomic E-state index is 0.0779. The van der Waals surface area contributed by atoms with E-state index in [-0.39, 0.29) is 32.1 Å². The molecule has 33 heavy (non-hydrogen) atoms. The van der Waals surface area contributed by atoms with E-state index in [1.54, 1.807) is 4.90 Å². The zero-order chi connectivity index (χ0) is 23.8. The van der Waals surface area contributed by atoms with Gasteiger partial charge < -0.3 is 4.90 Å². The van der Waals surface area contributed by atoms with Gasteiger partial charge in [0, 0.05) is 31.7 Å². The number of hydrogen-bond acceptors (Lipinski definition) is 4. The van der Waals surface area contributed by atoms with Gasteiger partial charge in [-0.3, -0.25) is 4.79 Å². The van der Waals surface area contributed by atoms with Gasteiger partial charge in [0.15, 0.2) is 0 Å². The molecule has 3 aromatic rings. The first-order chi connectivity index (χ1) is 15.6. The highest BCUT2D eigenvalue weighted by Crippen LogP contribution is 2.35. The van der Waals surface area contributed by atoms with Crippen molar-refractivity contribution in [1.82, 2.24) is 9.21 Å². The number of rotatable bonds is 4. The Balaban J connectivity index is 1.51. The maximum atomic E-state index is 13.3. The number of piperazine rings is 1. The van der Waals surface area contributed by atoms with Crippen LogP contribution in [0.3, 0.4) is 0 Å². The van der Waals surface area contributed by atoms with Crippen molar-refractivity contribution in [3.63, 3.8) is 0 Å². The number of carbonyl (C=O) groups is 1. The fraction of sp³-hybridized carbons (Fsp3) is 0.261. The standard InChI is InChI=1S/C23H21F3N2O3S2/c1-16-6-8-17(9-7-16)18-10-15-32-21(18)22(29)27-11-13-28(14-12-27)33(30,31)20-5-3-2-4-19(20)23(24,25)26/h2-10,15H,11-14H2,1H3. The van der Waals surface area contributed by atoms with Crippen LogP contribution in [-0.2, 0) is 16.2 Å². The summed E-state index contributed by atoms with van der Waals surface area (Å²) in [6.07, 6.45) is -4.78. The SMILES string of the molecule is Cc1ccc(-c2ccsc2C(=O)N2CCN(S(=O)(=O)c3ccccc3C(F)(F)F)CC2)cc1. The average Bonchev–Trinajstić information content (AvgIpc) is 3.28. The zero-order valence-electron chi connectivity index (χ0n) is 17.7. The van der Waals surface area contributed by atoms with Gasteiger partial charge in [-0.25, -0.2) is 8.42 Å². The number of thiophene rings is 1. The summed E-state index contributed by atoms with van der Waals surface area (Å²) in [4.78, 5) is 14.5. The molecule has 2 aromatic carbocycles. The van der Waals surface area contributed by atoms with Crippen LogP contribution in [0.25, 0.3) is 11.1 Å². The number of benzene rings is 2. The van der Waals surface area contributed by atoms with Crippen LogP contribution in [0, 0.1) is 6.92 Å². The van der Waals surface area contributed by atoms with E-state index in [2.05, 4.69) is 0 Å². The Bertz CT molecular complexity index is 1260. The van der Waals surface area contributed by atoms with E-state index in [9.17, 15) is 26.4 Å². The molecule has 1 amide bonds. The third-order valence-electron chi connectivity index (χ3n) is 5.56. The summed E-state index contributed by atoms with van der Waals surface area (Å²) >= 11 is 1.31. The summed E-state index contributed by atoms with van der Waals surface area (Å²) in [7, 11) is -4.36. The Kier molecular flexibility index (Phi) is 6.35. The highest BCUT2D eigenvalue weighted by molar-refractivity contribution is 7.89. The van der Waals surface area contributed by atoms with Crippen LogP contribution in [0.15, 0.2) is 64.9 Å². The molecule has 1 fully saturated rings. The number of nitrogens with zero attached hydrogens (tertiary/aromatic N) is 2. The minimum Gasteiger partial charge on any atom is -0.335 e. The van der Waals surface area contributed by atoms with Crippen molar-refractivity contribution in [3.8, 4) is 11.1 Å². The van der Waals surface area contributed by atoms with E-state index in [1.165, 1.54) is 17.4 Å². The summed E-state index contributed by atoms with van der Waals surface area (Å²) in [6.45, 7) is 2.01. The zero-order valence-corrected chi connectivity index (χ0v) is 19.3. The van der Waals surface area contributed by atoms with Crippen molar-refractivity contribution in [3.05, 3.63) is 76.0 Å². The number of aryl methyl sites for hydroxylation is 1. The summed E-state index contributed by atoms with van der Waals surface area (Å²) < 4.78 is 66.9. The maximum Gasteiger partial charge on any atom is 0.417 e. The van der Waals surface area contributed by atoms with Gasteiger partial charge in [0.05, 0.1) is 15.3 Å². The first-order valence-electron chi connectivity index (χ1n) is 10.2. The molecule has 0 bridgehead atoms. The summed E-state index contributed by atoms with van der Waals surface area (Å²) in [5, 5.41) is 1.83. The topological polar surface area (TPSA) is 57.7 Å². The quantitative estimate of drug-likeness (QED) is 0.519. The van der Waals surface area contributed by atoms with Crippen molar-refractivity contribution in [2.75, 3.05) is 26.2 Å². The van der Waals surface area contributed by atoms with Gasteiger partial charge in [0.1, 0.15) is 0 Å². The summed E-state index contributed by atoms with van der Waals surface area (Å²) in [5.74, 6) is -0.215. The van der Waals surface area contributed by atoms with E-state index in [4.69, 9.17) is 0 Å². The first kappa shape index (κ1) is 23.5. The molecule has 4 rings (SSSR count). The fourth-order valence-corrected chi connectivity index (χ4v) is 6.29. The van der Waals surface area contributed by atoms with Crippen LogP contribution in [0.1, 0.15) is 20.8 Å². The van der Waals surface area contributed by atoms with E-state index in [0.29, 0.717) is 4.88 Å². The molecule has 10 heteroatoms. The maximum absolute atomic E-state index is 13.3. The molecule has 0 unspecified atom stereocenters. The molecule has 174 valence electrons. The van der Waals surface area contributed by atoms with Crippen LogP contribution in [0.4, 0.5) is 13.2 Å². The van der Waals surface area contributed by atoms with E-state index >= 15 is 0 Å². The number of hydrogen-bond donors (Lipinski definition) is 0. The third kappa shape index (κ3) is 4.68. The molecule has 1 aliphatic rings. The Morgan fingerprint density at radius 3 is 2.21 bits per heavy atom. The molecule has 5 nitrogen and oxygen atoms in total. The van der Waals surface area contributed by atoms with Crippen LogP contribution in [0.2, 0.25) is 0 Å². The number of sulfonamides is 1. The molecule has 0 spiro atoms. The highest BCUT2D eigenvalue weighted by atomic mass is 32.2. The minimum atomic E-state index is -4.78. The number of halogens is 3. The van der Waals surface area contributed by atoms with Crippen molar-refractivity contribution in [2.24, 2.45) is 0 Å². The van der Waals surface area contributed by atoms with E-state index < -0.39 is 26.7 Å². The molecule has 0 atom stereocenters. The lowest BCUT2D eigenvalue weighted by atomic mass is 10.0. The van der Waals surface area contributed by atoms with Crippen molar-refractivity contribution in [1.29, 1.82) is 0 Å². The summed E-state index contributed by atoms with van der Waals surface area (Å²) in [6, 6.07) is 13.8. The number of amides is 1. The molecule has 2 heterocycles. The molecular weight excluding hydrogens is 473 g/mol. The Morgan fingerprint density at radius 1 is 0.939 bits per heavy atom. The molecule has 0 radical (unpaired) electrons. The molecule has 1 aliphatic heterocycles. The second-order valence-electron chi connectivity index (χ2n) is 7.72. The predicted octanol–water partition coefficient (Wildman–Crippen LogP) is 4.89. The first-order valence-corrected chi connectivity index (χ1v) is 12.5. The van der Waals surface area contributed by atoms with Crippen LogP contribution < -0.4 is 0 Å². The number of alkyl halides is 3. The van der Waals surface area contributed by atoms with Gasteiger partial charge >= 0.3 is 6.18 Å². The predicted molar refractivity (Wildman–Crippen MR) is 121 cm³/mol. The molecule has 0 N–H and O–H groups in total. The molecule has 0 aliphatic carbocycles. The second-order valence-corrected chi connectivity index (χ2v) is 10.5. The fourth-order valence-electron chi connectivity index (χ4n) is 3.78. The monoisotopic (exact) mass is 494 g/mol. The van der Waals surface area contributed by atoms with Crippen molar-refractivity contribution < 1.29 is 26.4 Å². The molecule has 0 saturated carbocycles. The van der Waals surface area contributed by atoms with Gasteiger partial charge in [0.25, 0.3) is 5.91 Å². The second kappa shape index (κ2) is 8.92. The summed E-state index contributed by atoms with van der Waals surface area (Å²) in [5.41, 5.74) is 1.63. The van der Waals surface area contributed by atoms with Crippen LogP contribution in [-0.4, -0.2) is 49.7 Å². The van der Waals surface area contributed by atoms with Crippen molar-refractivity contribution in [2.45, 2.75) is 18.0 Å². The lowest BCUT2D eigenvalue weighted by Crippen LogP contribution is -2.50. The molecular formula is C23H21F3N2O3S2.